The van der Waals surface area contributed by atoms with Gasteiger partial charge in [-0.15, -0.1) is 0 Å². The second-order valence-corrected chi connectivity index (χ2v) is 6.22. The molecular weight excluding hydrogens is 384 g/mol. The number of nitrogens with zero attached hydrogens (tertiary/aromatic N) is 2. The third kappa shape index (κ3) is 3.58. The van der Waals surface area contributed by atoms with Crippen LogP contribution < -0.4 is 4.74 Å². The number of halogens is 4. The van der Waals surface area contributed by atoms with Crippen LogP contribution in [-0.4, -0.2) is 33.9 Å². The molecule has 2 aromatic heterocycles. The number of ether oxygens (including phenoxy) is 1. The molecule has 0 amide bonds. The number of ketones is 3. The van der Waals surface area contributed by atoms with Crippen LogP contribution in [-0.2, 0) is 15.8 Å². The number of hydrogen-bond acceptors (Lipinski definition) is 6. The topological polar surface area (TPSA) is 86.2 Å². The summed E-state index contributed by atoms with van der Waals surface area (Å²) in [6.45, 7) is 1.57. The van der Waals surface area contributed by atoms with E-state index in [0.29, 0.717) is 0 Å². The number of aromatic nitrogens is 2. The average molecular weight is 398 g/mol. The lowest BCUT2D eigenvalue weighted by Crippen LogP contribution is -2.36. The van der Waals surface area contributed by atoms with E-state index in [0.717, 1.165) is 12.1 Å². The van der Waals surface area contributed by atoms with E-state index >= 15 is 0 Å². The van der Waals surface area contributed by atoms with E-state index in [-0.39, 0.29) is 31.3 Å². The molecule has 0 bridgehead atoms. The highest BCUT2D eigenvalue weighted by Crippen LogP contribution is 2.35. The van der Waals surface area contributed by atoms with Crippen LogP contribution in [0, 0.1) is 11.7 Å². The molecule has 2 heterocycles. The highest BCUT2D eigenvalue weighted by atomic mass is 19.4. The number of hydrogen-bond donors (Lipinski definition) is 0. The molecule has 0 atom stereocenters. The maximum absolute atomic E-state index is 14.0. The number of pyridine rings is 2. The fourth-order valence-electron chi connectivity index (χ4n) is 3.06. The van der Waals surface area contributed by atoms with E-state index in [1.54, 1.807) is 6.92 Å². The number of Topliss-reactive ketones (excluding diaryl/α,β-unsaturated/α-hetero) is 3. The van der Waals surface area contributed by atoms with E-state index in [1.807, 2.05) is 0 Å². The van der Waals surface area contributed by atoms with Crippen LogP contribution in [0.5, 0.6) is 5.88 Å². The van der Waals surface area contributed by atoms with Crippen LogP contribution in [0.4, 0.5) is 17.6 Å². The van der Waals surface area contributed by atoms with Gasteiger partial charge in [0.25, 0.3) is 5.88 Å². The van der Waals surface area contributed by atoms with Gasteiger partial charge in [-0.05, 0) is 25.5 Å². The van der Waals surface area contributed by atoms with Crippen LogP contribution in [0.3, 0.4) is 0 Å². The van der Waals surface area contributed by atoms with Gasteiger partial charge in [0.2, 0.25) is 0 Å². The van der Waals surface area contributed by atoms with Crippen molar-refractivity contribution >= 4 is 28.4 Å². The van der Waals surface area contributed by atoms with Gasteiger partial charge in [0, 0.05) is 18.2 Å². The molecule has 1 aliphatic rings. The van der Waals surface area contributed by atoms with Crippen LogP contribution in [0.15, 0.2) is 12.1 Å². The number of rotatable bonds is 4. The number of fused-ring (bicyclic) bond motifs is 1. The van der Waals surface area contributed by atoms with E-state index in [9.17, 15) is 31.9 Å². The second kappa shape index (κ2) is 7.25. The Balaban J connectivity index is 2.20. The molecule has 0 aromatic carbocycles. The minimum atomic E-state index is -5.05. The standard InChI is InChI=1S/C18H14F4N2O4/c1-2-28-17-10(19)7-8-6-9(15(18(20,21)22)23-16(8)24-17)14(27)13-11(25)4-3-5-12(13)26/h6-7,13H,2-5H2,1H3. The molecule has 0 unspecified atom stereocenters. The van der Waals surface area contributed by atoms with E-state index < -0.39 is 58.0 Å². The molecule has 0 spiro atoms. The predicted molar refractivity (Wildman–Crippen MR) is 87.4 cm³/mol. The largest absolute Gasteiger partial charge is 0.476 e. The lowest BCUT2D eigenvalue weighted by Gasteiger charge is -2.20. The SMILES string of the molecule is CCOc1nc2nc(C(F)(F)F)c(C(=O)C3C(=O)CCCC3=O)cc2cc1F. The van der Waals surface area contributed by atoms with Gasteiger partial charge in [0.15, 0.2) is 34.5 Å². The monoisotopic (exact) mass is 398 g/mol. The Morgan fingerprint density at radius 1 is 1.18 bits per heavy atom. The second-order valence-electron chi connectivity index (χ2n) is 6.22. The lowest BCUT2D eigenvalue weighted by atomic mass is 9.81. The summed E-state index contributed by atoms with van der Waals surface area (Å²) >= 11 is 0. The van der Waals surface area contributed by atoms with E-state index in [1.165, 1.54) is 0 Å². The van der Waals surface area contributed by atoms with Crippen molar-refractivity contribution in [3.63, 3.8) is 0 Å². The van der Waals surface area contributed by atoms with Crippen molar-refractivity contribution in [3.05, 3.63) is 29.2 Å². The van der Waals surface area contributed by atoms with Crippen molar-refractivity contribution in [1.82, 2.24) is 9.97 Å². The number of alkyl halides is 3. The van der Waals surface area contributed by atoms with Crippen LogP contribution in [0.2, 0.25) is 0 Å². The van der Waals surface area contributed by atoms with Gasteiger partial charge in [0.05, 0.1) is 12.2 Å². The molecule has 0 aliphatic heterocycles. The Hall–Kier alpha value is -2.91. The molecule has 0 N–H and O–H groups in total. The van der Waals surface area contributed by atoms with Crippen molar-refractivity contribution in [2.75, 3.05) is 6.61 Å². The first-order valence-corrected chi connectivity index (χ1v) is 8.44. The van der Waals surface area contributed by atoms with Crippen molar-refractivity contribution in [2.24, 2.45) is 5.92 Å². The third-order valence-electron chi connectivity index (χ3n) is 4.29. The molecule has 10 heteroatoms. The summed E-state index contributed by atoms with van der Waals surface area (Å²) in [6.07, 6.45) is -4.95. The molecule has 0 saturated heterocycles. The van der Waals surface area contributed by atoms with Crippen molar-refractivity contribution in [1.29, 1.82) is 0 Å². The maximum atomic E-state index is 14.0. The molecule has 0 radical (unpaired) electrons. The fraction of sp³-hybridized carbons (Fsp3) is 0.389. The Morgan fingerprint density at radius 3 is 2.39 bits per heavy atom. The normalized spacial score (nSPS) is 15.9. The van der Waals surface area contributed by atoms with Gasteiger partial charge >= 0.3 is 6.18 Å². The summed E-state index contributed by atoms with van der Waals surface area (Å²) in [7, 11) is 0. The average Bonchev–Trinajstić information content (AvgIpc) is 2.60. The summed E-state index contributed by atoms with van der Waals surface area (Å²) in [5, 5.41) is -0.187. The molecule has 6 nitrogen and oxygen atoms in total. The van der Waals surface area contributed by atoms with E-state index in [4.69, 9.17) is 4.74 Å². The zero-order chi connectivity index (χ0) is 20.6. The Labute approximate surface area is 155 Å². The summed E-state index contributed by atoms with van der Waals surface area (Å²) in [5.74, 6) is -6.01. The Kier molecular flexibility index (Phi) is 5.14. The predicted octanol–water partition coefficient (Wildman–Crippen LogP) is 3.31. The summed E-state index contributed by atoms with van der Waals surface area (Å²) in [4.78, 5) is 43.6. The lowest BCUT2D eigenvalue weighted by molar-refractivity contribution is -0.142. The number of carbonyl (C=O) groups excluding carboxylic acids is 3. The minimum Gasteiger partial charge on any atom is -0.476 e. The number of carbonyl (C=O) groups is 3. The highest BCUT2D eigenvalue weighted by molar-refractivity contribution is 6.25. The van der Waals surface area contributed by atoms with Gasteiger partial charge in [0.1, 0.15) is 5.92 Å². The summed E-state index contributed by atoms with van der Waals surface area (Å²) in [5.41, 5.74) is -3.02. The van der Waals surface area contributed by atoms with Gasteiger partial charge < -0.3 is 4.74 Å². The molecule has 148 valence electrons. The summed E-state index contributed by atoms with van der Waals surface area (Å²) < 4.78 is 59.5. The smallest absolute Gasteiger partial charge is 0.434 e. The quantitative estimate of drug-likeness (QED) is 0.446. The summed E-state index contributed by atoms with van der Waals surface area (Å²) in [6, 6.07) is 1.59. The first-order chi connectivity index (χ1) is 13.1. The first-order valence-electron chi connectivity index (χ1n) is 8.44. The van der Waals surface area contributed by atoms with Crippen molar-refractivity contribution in [2.45, 2.75) is 32.4 Å². The molecule has 28 heavy (non-hydrogen) atoms. The zero-order valence-electron chi connectivity index (χ0n) is 14.6. The van der Waals surface area contributed by atoms with Gasteiger partial charge in [-0.2, -0.15) is 18.2 Å². The van der Waals surface area contributed by atoms with Crippen molar-refractivity contribution < 1.29 is 36.7 Å². The third-order valence-corrected chi connectivity index (χ3v) is 4.29. The van der Waals surface area contributed by atoms with Gasteiger partial charge in [-0.25, -0.2) is 9.37 Å². The molecule has 1 aliphatic carbocycles. The Bertz CT molecular complexity index is 972. The molecular formula is C18H14F4N2O4. The fourth-order valence-corrected chi connectivity index (χ4v) is 3.06. The van der Waals surface area contributed by atoms with Crippen molar-refractivity contribution in [3.8, 4) is 5.88 Å². The highest BCUT2D eigenvalue weighted by Gasteiger charge is 2.43. The van der Waals surface area contributed by atoms with Gasteiger partial charge in [-0.1, -0.05) is 0 Å². The maximum Gasteiger partial charge on any atom is 0.434 e. The molecule has 1 saturated carbocycles. The minimum absolute atomic E-state index is 0.0318. The molecule has 1 fully saturated rings. The van der Waals surface area contributed by atoms with Crippen LogP contribution >= 0.6 is 0 Å². The molecule has 2 aromatic rings. The van der Waals surface area contributed by atoms with Crippen LogP contribution in [0.1, 0.15) is 42.2 Å². The first kappa shape index (κ1) is 19.8. The molecule has 3 rings (SSSR count). The zero-order valence-corrected chi connectivity index (χ0v) is 14.6. The van der Waals surface area contributed by atoms with Crippen LogP contribution in [0.25, 0.3) is 11.0 Å². The van der Waals surface area contributed by atoms with E-state index in [2.05, 4.69) is 9.97 Å². The van der Waals surface area contributed by atoms with Gasteiger partial charge in [-0.3, -0.25) is 14.4 Å². The Morgan fingerprint density at radius 2 is 1.82 bits per heavy atom.